The van der Waals surface area contributed by atoms with Gasteiger partial charge in [-0.2, -0.15) is 0 Å². The molecule has 7 nitrogen and oxygen atoms in total. The number of ether oxygens (including phenoxy) is 1. The molecule has 0 fully saturated rings. The van der Waals surface area contributed by atoms with Crippen LogP contribution in [0.15, 0.2) is 46.0 Å². The molecule has 0 saturated carbocycles. The van der Waals surface area contributed by atoms with Crippen LogP contribution in [0.5, 0.6) is 5.75 Å². The number of carbonyl (C=O) groups excluding carboxylic acids is 1. The zero-order chi connectivity index (χ0) is 16.7. The van der Waals surface area contributed by atoms with E-state index < -0.39 is 16.1 Å². The Kier molecular flexibility index (Phi) is 5.97. The molecule has 0 aliphatic rings. The standard InChI is InChI=1S/C14H17N3O4S2/c1-21-12-6-4-11(5-7-12)17-14(18)15-8-9-16-23(19,20)13-3-2-10-22-13/h2-7,10,16H,8-9H2,1H3,(H2,15,17,18). The summed E-state index contributed by atoms with van der Waals surface area (Å²) < 4.78 is 31.4. The minimum atomic E-state index is -3.50. The number of methoxy groups -OCH3 is 1. The van der Waals surface area contributed by atoms with Crippen LogP contribution in [0.4, 0.5) is 10.5 Å². The van der Waals surface area contributed by atoms with Crippen molar-refractivity contribution >= 4 is 33.1 Å². The number of rotatable bonds is 7. The van der Waals surface area contributed by atoms with E-state index in [1.165, 1.54) is 6.07 Å². The van der Waals surface area contributed by atoms with Crippen LogP contribution in [0.1, 0.15) is 0 Å². The number of nitrogens with one attached hydrogen (secondary N) is 3. The molecule has 1 aromatic heterocycles. The highest BCUT2D eigenvalue weighted by Crippen LogP contribution is 2.15. The Morgan fingerprint density at radius 3 is 2.52 bits per heavy atom. The fourth-order valence-corrected chi connectivity index (χ4v) is 3.77. The molecule has 0 aliphatic carbocycles. The molecule has 0 unspecified atom stereocenters. The Balaban J connectivity index is 1.72. The number of amides is 2. The molecule has 0 aliphatic heterocycles. The van der Waals surface area contributed by atoms with E-state index >= 15 is 0 Å². The SMILES string of the molecule is COc1ccc(NC(=O)NCCNS(=O)(=O)c2cccs2)cc1. The highest BCUT2D eigenvalue weighted by atomic mass is 32.2. The average Bonchev–Trinajstić information content (AvgIpc) is 3.08. The normalized spacial score (nSPS) is 11.0. The molecule has 9 heteroatoms. The van der Waals surface area contributed by atoms with Crippen molar-refractivity contribution in [2.24, 2.45) is 0 Å². The second kappa shape index (κ2) is 7.95. The summed E-state index contributed by atoms with van der Waals surface area (Å²) in [6, 6.07) is 9.65. The largest absolute Gasteiger partial charge is 0.497 e. The smallest absolute Gasteiger partial charge is 0.319 e. The Bertz CT molecular complexity index is 728. The molecule has 2 rings (SSSR count). The molecule has 0 radical (unpaired) electrons. The third kappa shape index (κ3) is 5.23. The first-order chi connectivity index (χ1) is 11.0. The van der Waals surface area contributed by atoms with E-state index in [2.05, 4.69) is 15.4 Å². The van der Waals surface area contributed by atoms with Crippen LogP contribution in [0.3, 0.4) is 0 Å². The average molecular weight is 355 g/mol. The number of hydrogen-bond donors (Lipinski definition) is 3. The molecular formula is C14H17N3O4S2. The van der Waals surface area contributed by atoms with Crippen molar-refractivity contribution in [2.75, 3.05) is 25.5 Å². The summed E-state index contributed by atoms with van der Waals surface area (Å²) in [5.41, 5.74) is 0.613. The predicted molar refractivity (Wildman–Crippen MR) is 89.5 cm³/mol. The fourth-order valence-electron chi connectivity index (χ4n) is 1.70. The highest BCUT2D eigenvalue weighted by molar-refractivity contribution is 7.91. The summed E-state index contributed by atoms with van der Waals surface area (Å²) in [6.07, 6.45) is 0. The Labute approximate surface area is 138 Å². The lowest BCUT2D eigenvalue weighted by Crippen LogP contribution is -2.36. The highest BCUT2D eigenvalue weighted by Gasteiger charge is 2.13. The molecule has 0 bridgehead atoms. The molecule has 3 N–H and O–H groups in total. The maximum absolute atomic E-state index is 11.8. The summed E-state index contributed by atoms with van der Waals surface area (Å²) in [5.74, 6) is 0.693. The van der Waals surface area contributed by atoms with Crippen molar-refractivity contribution in [3.05, 3.63) is 41.8 Å². The molecule has 2 amide bonds. The predicted octanol–water partition coefficient (Wildman–Crippen LogP) is 1.86. The molecule has 0 spiro atoms. The van der Waals surface area contributed by atoms with Crippen molar-refractivity contribution in [2.45, 2.75) is 4.21 Å². The van der Waals surface area contributed by atoms with E-state index in [9.17, 15) is 13.2 Å². The van der Waals surface area contributed by atoms with Crippen LogP contribution in [0.2, 0.25) is 0 Å². The fraction of sp³-hybridized carbons (Fsp3) is 0.214. The molecule has 2 aromatic rings. The van der Waals surface area contributed by atoms with Crippen molar-refractivity contribution < 1.29 is 17.9 Å². The van der Waals surface area contributed by atoms with Gasteiger partial charge in [-0.15, -0.1) is 11.3 Å². The van der Waals surface area contributed by atoms with Crippen molar-refractivity contribution in [1.82, 2.24) is 10.0 Å². The van der Waals surface area contributed by atoms with Crippen molar-refractivity contribution in [3.63, 3.8) is 0 Å². The van der Waals surface area contributed by atoms with E-state index in [-0.39, 0.29) is 17.3 Å². The molecule has 0 saturated heterocycles. The first-order valence-electron chi connectivity index (χ1n) is 6.73. The minimum absolute atomic E-state index is 0.107. The van der Waals surface area contributed by atoms with Crippen LogP contribution in [0.25, 0.3) is 0 Å². The van der Waals surface area contributed by atoms with Gasteiger partial charge in [-0.25, -0.2) is 17.9 Å². The lowest BCUT2D eigenvalue weighted by Gasteiger charge is -2.09. The van der Waals surface area contributed by atoms with Gasteiger partial charge in [-0.1, -0.05) is 6.07 Å². The van der Waals surface area contributed by atoms with Crippen LogP contribution < -0.4 is 20.1 Å². The van der Waals surface area contributed by atoms with Crippen LogP contribution in [-0.4, -0.2) is 34.6 Å². The van der Waals surface area contributed by atoms with Gasteiger partial charge in [0.1, 0.15) is 9.96 Å². The number of thiophene rings is 1. The summed E-state index contributed by atoms with van der Waals surface area (Å²) in [5, 5.41) is 6.90. The molecule has 124 valence electrons. The van der Waals surface area contributed by atoms with Crippen molar-refractivity contribution in [1.29, 1.82) is 0 Å². The first kappa shape index (κ1) is 17.3. The number of anilines is 1. The van der Waals surface area contributed by atoms with E-state index in [1.807, 2.05) is 0 Å². The van der Waals surface area contributed by atoms with Gasteiger partial charge in [-0.3, -0.25) is 0 Å². The monoisotopic (exact) mass is 355 g/mol. The number of urea groups is 1. The van der Waals surface area contributed by atoms with E-state index in [4.69, 9.17) is 4.74 Å². The molecule has 1 heterocycles. The van der Waals surface area contributed by atoms with E-state index in [0.29, 0.717) is 11.4 Å². The third-order valence-corrected chi connectivity index (χ3v) is 5.67. The molecule has 1 aromatic carbocycles. The van der Waals surface area contributed by atoms with E-state index in [1.54, 1.807) is 42.8 Å². The minimum Gasteiger partial charge on any atom is -0.497 e. The summed E-state index contributed by atoms with van der Waals surface area (Å²) in [4.78, 5) is 11.7. The van der Waals surface area contributed by atoms with Crippen LogP contribution in [-0.2, 0) is 10.0 Å². The van der Waals surface area contributed by atoms with Gasteiger partial charge in [0.15, 0.2) is 0 Å². The molecule has 23 heavy (non-hydrogen) atoms. The number of sulfonamides is 1. The number of carbonyl (C=O) groups is 1. The quantitative estimate of drug-likeness (QED) is 0.661. The van der Waals surface area contributed by atoms with Gasteiger partial charge in [-0.05, 0) is 35.7 Å². The molecule has 0 atom stereocenters. The summed E-state index contributed by atoms with van der Waals surface area (Å²) in [7, 11) is -1.94. The van der Waals surface area contributed by atoms with Crippen LogP contribution in [0, 0.1) is 0 Å². The Morgan fingerprint density at radius 2 is 1.91 bits per heavy atom. The summed E-state index contributed by atoms with van der Waals surface area (Å²) in [6.45, 7) is 0.281. The zero-order valence-electron chi connectivity index (χ0n) is 12.4. The maximum atomic E-state index is 11.8. The first-order valence-corrected chi connectivity index (χ1v) is 9.09. The van der Waals surface area contributed by atoms with Gasteiger partial charge in [0.2, 0.25) is 10.0 Å². The lowest BCUT2D eigenvalue weighted by molar-refractivity contribution is 0.252. The Hall–Kier alpha value is -2.10. The topological polar surface area (TPSA) is 96.5 Å². The van der Waals surface area contributed by atoms with Gasteiger partial charge in [0.05, 0.1) is 7.11 Å². The van der Waals surface area contributed by atoms with Gasteiger partial charge >= 0.3 is 6.03 Å². The van der Waals surface area contributed by atoms with Crippen molar-refractivity contribution in [3.8, 4) is 5.75 Å². The van der Waals surface area contributed by atoms with Gasteiger partial charge < -0.3 is 15.4 Å². The zero-order valence-corrected chi connectivity index (χ0v) is 14.0. The second-order valence-electron chi connectivity index (χ2n) is 4.44. The van der Waals surface area contributed by atoms with E-state index in [0.717, 1.165) is 11.3 Å². The Morgan fingerprint density at radius 1 is 1.17 bits per heavy atom. The van der Waals surface area contributed by atoms with Gasteiger partial charge in [0, 0.05) is 18.8 Å². The lowest BCUT2D eigenvalue weighted by atomic mass is 10.3. The number of benzene rings is 1. The maximum Gasteiger partial charge on any atom is 0.319 e. The number of hydrogen-bond acceptors (Lipinski definition) is 5. The molecular weight excluding hydrogens is 338 g/mol. The second-order valence-corrected chi connectivity index (χ2v) is 7.38. The van der Waals surface area contributed by atoms with Crippen LogP contribution >= 0.6 is 11.3 Å². The third-order valence-electron chi connectivity index (χ3n) is 2.81. The van der Waals surface area contributed by atoms with Gasteiger partial charge in [0.25, 0.3) is 0 Å². The summed E-state index contributed by atoms with van der Waals surface area (Å²) >= 11 is 1.14.